The molecule has 2 aromatic carbocycles. The topological polar surface area (TPSA) is 54.9 Å². The number of carbonyl (C=O) groups excluding carboxylic acids is 1. The summed E-state index contributed by atoms with van der Waals surface area (Å²) in [5.41, 5.74) is 2.97. The zero-order valence-corrected chi connectivity index (χ0v) is 14.0. The summed E-state index contributed by atoms with van der Waals surface area (Å²) in [6, 6.07) is 17.5. The quantitative estimate of drug-likeness (QED) is 0.824. The number of methoxy groups -OCH3 is 1. The first-order valence-electron chi connectivity index (χ1n) is 7.86. The van der Waals surface area contributed by atoms with E-state index in [0.717, 1.165) is 11.3 Å². The third-order valence-electron chi connectivity index (χ3n) is 3.71. The van der Waals surface area contributed by atoms with E-state index in [1.54, 1.807) is 7.11 Å². The lowest BCUT2D eigenvalue weighted by Crippen LogP contribution is -2.92. The van der Waals surface area contributed by atoms with E-state index in [4.69, 9.17) is 4.74 Å². The third-order valence-corrected chi connectivity index (χ3v) is 3.71. The normalized spacial score (nSPS) is 13.3. The standard InChI is InChI=1S/C19H24N2O2/c1-14-9-11-17(12-10-14)21-19(22)18(20-15(2)13-23-3)16-7-5-4-6-8-16/h4-12,15,18,20H,13H2,1-3H3,(H,21,22)/p+1/t15-,18-/m1/s1. The molecule has 2 atom stereocenters. The third kappa shape index (κ3) is 5.20. The van der Waals surface area contributed by atoms with Crippen LogP contribution in [0.2, 0.25) is 0 Å². The van der Waals surface area contributed by atoms with E-state index in [9.17, 15) is 4.79 Å². The molecule has 0 heterocycles. The van der Waals surface area contributed by atoms with Gasteiger partial charge in [0.1, 0.15) is 6.04 Å². The average Bonchev–Trinajstić information content (AvgIpc) is 2.56. The largest absolute Gasteiger partial charge is 0.379 e. The minimum absolute atomic E-state index is 0.0250. The summed E-state index contributed by atoms with van der Waals surface area (Å²) in [7, 11) is 1.67. The van der Waals surface area contributed by atoms with Crippen LogP contribution in [0.1, 0.15) is 24.1 Å². The lowest BCUT2D eigenvalue weighted by Gasteiger charge is -2.19. The predicted molar refractivity (Wildman–Crippen MR) is 92.3 cm³/mol. The summed E-state index contributed by atoms with van der Waals surface area (Å²) in [5, 5.41) is 5.05. The van der Waals surface area contributed by atoms with Gasteiger partial charge in [-0.1, -0.05) is 48.0 Å². The van der Waals surface area contributed by atoms with Crippen LogP contribution >= 0.6 is 0 Å². The number of ether oxygens (including phenoxy) is 1. The van der Waals surface area contributed by atoms with Crippen LogP contribution in [0, 0.1) is 6.92 Å². The fraction of sp³-hybridized carbons (Fsp3) is 0.316. The van der Waals surface area contributed by atoms with Gasteiger partial charge in [-0.2, -0.15) is 0 Å². The Morgan fingerprint density at radius 1 is 1.13 bits per heavy atom. The monoisotopic (exact) mass is 313 g/mol. The maximum atomic E-state index is 12.8. The second-order valence-corrected chi connectivity index (χ2v) is 5.87. The first kappa shape index (κ1) is 17.2. The molecule has 1 amide bonds. The summed E-state index contributed by atoms with van der Waals surface area (Å²) in [6.45, 7) is 4.68. The Hall–Kier alpha value is -2.17. The summed E-state index contributed by atoms with van der Waals surface area (Å²) >= 11 is 0. The molecule has 2 aromatic rings. The number of hydrogen-bond acceptors (Lipinski definition) is 2. The van der Waals surface area contributed by atoms with Crippen LogP contribution < -0.4 is 10.6 Å². The van der Waals surface area contributed by atoms with Gasteiger partial charge in [0.05, 0.1) is 6.61 Å². The fourth-order valence-corrected chi connectivity index (χ4v) is 2.51. The number of amides is 1. The zero-order valence-electron chi connectivity index (χ0n) is 14.0. The van der Waals surface area contributed by atoms with Gasteiger partial charge in [-0.05, 0) is 26.0 Å². The number of carbonyl (C=O) groups is 1. The second-order valence-electron chi connectivity index (χ2n) is 5.87. The lowest BCUT2D eigenvalue weighted by molar-refractivity contribution is -0.713. The number of quaternary nitrogens is 1. The Morgan fingerprint density at radius 2 is 1.78 bits per heavy atom. The molecule has 0 bridgehead atoms. The van der Waals surface area contributed by atoms with E-state index >= 15 is 0 Å². The van der Waals surface area contributed by atoms with E-state index in [0.29, 0.717) is 6.61 Å². The van der Waals surface area contributed by atoms with Crippen LogP contribution in [0.5, 0.6) is 0 Å². The molecule has 2 rings (SSSR count). The minimum Gasteiger partial charge on any atom is -0.379 e. The summed E-state index contributed by atoms with van der Waals surface area (Å²) in [4.78, 5) is 12.8. The molecule has 4 nitrogen and oxygen atoms in total. The van der Waals surface area contributed by atoms with E-state index in [2.05, 4.69) is 12.2 Å². The van der Waals surface area contributed by atoms with Crippen molar-refractivity contribution in [2.75, 3.05) is 19.0 Å². The Balaban J connectivity index is 2.15. The molecule has 4 heteroatoms. The molecule has 122 valence electrons. The molecule has 0 unspecified atom stereocenters. The number of benzene rings is 2. The Kier molecular flexibility index (Phi) is 6.32. The molecule has 0 aliphatic carbocycles. The van der Waals surface area contributed by atoms with Crippen LogP contribution in [0.15, 0.2) is 54.6 Å². The number of aryl methyl sites for hydroxylation is 1. The molecule has 23 heavy (non-hydrogen) atoms. The predicted octanol–water partition coefficient (Wildman–Crippen LogP) is 2.27. The molecule has 0 aliphatic rings. The molecule has 0 saturated carbocycles. The van der Waals surface area contributed by atoms with Crippen LogP contribution in [-0.2, 0) is 9.53 Å². The van der Waals surface area contributed by atoms with Crippen molar-refractivity contribution in [3.8, 4) is 0 Å². The minimum atomic E-state index is -0.303. The van der Waals surface area contributed by atoms with Crippen molar-refractivity contribution in [1.82, 2.24) is 0 Å². The van der Waals surface area contributed by atoms with Crippen molar-refractivity contribution in [2.45, 2.75) is 25.9 Å². The summed E-state index contributed by atoms with van der Waals surface area (Å²) in [6.07, 6.45) is 0. The molecule has 3 N–H and O–H groups in total. The van der Waals surface area contributed by atoms with Crippen LogP contribution in [-0.4, -0.2) is 25.7 Å². The SMILES string of the molecule is COC[C@@H](C)[NH2+][C@@H](C(=O)Nc1ccc(C)cc1)c1ccccc1. The van der Waals surface area contributed by atoms with Gasteiger partial charge < -0.3 is 15.4 Å². The van der Waals surface area contributed by atoms with Gasteiger partial charge >= 0.3 is 0 Å². The maximum Gasteiger partial charge on any atom is 0.287 e. The number of nitrogens with one attached hydrogen (secondary N) is 1. The fourth-order valence-electron chi connectivity index (χ4n) is 2.51. The Labute approximate surface area is 137 Å². The second kappa shape index (κ2) is 8.46. The van der Waals surface area contributed by atoms with Crippen molar-refractivity contribution in [3.63, 3.8) is 0 Å². The van der Waals surface area contributed by atoms with Gasteiger partial charge in [-0.25, -0.2) is 0 Å². The van der Waals surface area contributed by atoms with E-state index < -0.39 is 0 Å². The van der Waals surface area contributed by atoms with Gasteiger partial charge in [0.15, 0.2) is 6.04 Å². The highest BCUT2D eigenvalue weighted by Gasteiger charge is 2.26. The lowest BCUT2D eigenvalue weighted by atomic mass is 10.0. The van der Waals surface area contributed by atoms with Crippen LogP contribution in [0.25, 0.3) is 0 Å². The van der Waals surface area contributed by atoms with Gasteiger partial charge in [0.25, 0.3) is 5.91 Å². The molecule has 0 spiro atoms. The summed E-state index contributed by atoms with van der Waals surface area (Å²) < 4.78 is 5.19. The smallest absolute Gasteiger partial charge is 0.287 e. The Bertz CT molecular complexity index is 611. The highest BCUT2D eigenvalue weighted by Crippen LogP contribution is 2.14. The highest BCUT2D eigenvalue weighted by molar-refractivity contribution is 5.94. The Morgan fingerprint density at radius 3 is 2.39 bits per heavy atom. The average molecular weight is 313 g/mol. The molecule has 0 radical (unpaired) electrons. The van der Waals surface area contributed by atoms with Gasteiger partial charge in [0.2, 0.25) is 0 Å². The first-order chi connectivity index (χ1) is 11.1. The van der Waals surface area contributed by atoms with Crippen molar-refractivity contribution in [2.24, 2.45) is 0 Å². The van der Waals surface area contributed by atoms with E-state index in [1.807, 2.05) is 66.8 Å². The van der Waals surface area contributed by atoms with Gasteiger partial charge in [-0.15, -0.1) is 0 Å². The van der Waals surface area contributed by atoms with Crippen molar-refractivity contribution >= 4 is 11.6 Å². The molecule has 0 fully saturated rings. The molecular weight excluding hydrogens is 288 g/mol. The highest BCUT2D eigenvalue weighted by atomic mass is 16.5. The van der Waals surface area contributed by atoms with Crippen molar-refractivity contribution in [3.05, 3.63) is 65.7 Å². The van der Waals surface area contributed by atoms with Gasteiger partial charge in [-0.3, -0.25) is 4.79 Å². The van der Waals surface area contributed by atoms with Crippen molar-refractivity contribution < 1.29 is 14.8 Å². The zero-order chi connectivity index (χ0) is 16.7. The molecule has 0 saturated heterocycles. The number of nitrogens with two attached hydrogens (primary N) is 1. The van der Waals surface area contributed by atoms with E-state index in [1.165, 1.54) is 5.56 Å². The number of rotatable bonds is 7. The molecule has 0 aromatic heterocycles. The first-order valence-corrected chi connectivity index (χ1v) is 7.86. The molecular formula is C19H25N2O2+. The maximum absolute atomic E-state index is 12.8. The summed E-state index contributed by atoms with van der Waals surface area (Å²) in [5.74, 6) is -0.0250. The number of anilines is 1. The van der Waals surface area contributed by atoms with Crippen LogP contribution in [0.3, 0.4) is 0 Å². The number of hydrogen-bond donors (Lipinski definition) is 2. The van der Waals surface area contributed by atoms with Gasteiger partial charge in [0, 0.05) is 18.4 Å². The van der Waals surface area contributed by atoms with Crippen molar-refractivity contribution in [1.29, 1.82) is 0 Å². The van der Waals surface area contributed by atoms with E-state index in [-0.39, 0.29) is 18.0 Å². The van der Waals surface area contributed by atoms with Crippen LogP contribution in [0.4, 0.5) is 5.69 Å². The molecule has 0 aliphatic heterocycles.